The van der Waals surface area contributed by atoms with Crippen molar-refractivity contribution in [2.24, 2.45) is 5.41 Å². The molecule has 1 unspecified atom stereocenters. The first kappa shape index (κ1) is 25.1. The maximum atomic E-state index is 13.1. The molecule has 0 spiro atoms. The molecule has 0 aliphatic heterocycles. The highest BCUT2D eigenvalue weighted by Gasteiger charge is 2.41. The van der Waals surface area contributed by atoms with Gasteiger partial charge in [0, 0.05) is 22.9 Å². The molecule has 1 atom stereocenters. The van der Waals surface area contributed by atoms with E-state index in [1.807, 2.05) is 31.2 Å². The van der Waals surface area contributed by atoms with Crippen LogP contribution >= 0.6 is 0 Å². The van der Waals surface area contributed by atoms with E-state index in [1.54, 1.807) is 18.2 Å². The number of aryl methyl sites for hydroxylation is 1. The minimum absolute atomic E-state index is 0.223. The van der Waals surface area contributed by atoms with E-state index in [2.05, 4.69) is 6.58 Å². The second-order valence-corrected chi connectivity index (χ2v) is 8.36. The number of halogens is 3. The Kier molecular flexibility index (Phi) is 7.49. The van der Waals surface area contributed by atoms with Crippen LogP contribution in [0, 0.1) is 5.41 Å². The number of rotatable bonds is 9. The van der Waals surface area contributed by atoms with Gasteiger partial charge in [0.15, 0.2) is 0 Å². The maximum absolute atomic E-state index is 13.1. The number of hydrogen-bond donors (Lipinski definition) is 0. The zero-order chi connectivity index (χ0) is 24.9. The van der Waals surface area contributed by atoms with Crippen molar-refractivity contribution in [3.63, 3.8) is 0 Å². The third-order valence-corrected chi connectivity index (χ3v) is 5.34. The summed E-state index contributed by atoms with van der Waals surface area (Å²) in [6, 6.07) is 14.0. The fourth-order valence-electron chi connectivity index (χ4n) is 3.65. The molecule has 0 aliphatic rings. The van der Waals surface area contributed by atoms with Crippen LogP contribution in [0.5, 0.6) is 5.75 Å². The number of hydrogen-bond acceptors (Lipinski definition) is 5. The number of fused-ring (bicyclic) bond motifs is 1. The fourth-order valence-corrected chi connectivity index (χ4v) is 3.65. The highest BCUT2D eigenvalue weighted by molar-refractivity contribution is 5.83. The number of carbonyl (C=O) groups is 1. The van der Waals surface area contributed by atoms with Gasteiger partial charge in [-0.25, -0.2) is 9.59 Å². The molecular weight excluding hydrogens is 449 g/mol. The summed E-state index contributed by atoms with van der Waals surface area (Å²) in [6.45, 7) is 5.67. The summed E-state index contributed by atoms with van der Waals surface area (Å²) in [5, 5.41) is 0.644. The Morgan fingerprint density at radius 2 is 1.82 bits per heavy atom. The largest absolute Gasteiger partial charge is 0.493 e. The average Bonchev–Trinajstić information content (AvgIpc) is 2.79. The van der Waals surface area contributed by atoms with Crippen molar-refractivity contribution in [3.8, 4) is 16.9 Å². The Bertz CT molecular complexity index is 1250. The summed E-state index contributed by atoms with van der Waals surface area (Å²) in [5.74, 6) is -0.595. The van der Waals surface area contributed by atoms with Crippen LogP contribution in [0.25, 0.3) is 22.1 Å². The van der Waals surface area contributed by atoms with Crippen LogP contribution in [0.2, 0.25) is 0 Å². The molecule has 0 fully saturated rings. The summed E-state index contributed by atoms with van der Waals surface area (Å²) in [7, 11) is 0. The molecule has 0 aliphatic carbocycles. The fraction of sp³-hybridized carbons (Fsp3) is 0.308. The molecular formula is C26H25F3O5. The van der Waals surface area contributed by atoms with Gasteiger partial charge in [0.05, 0.1) is 18.6 Å². The second-order valence-electron chi connectivity index (χ2n) is 8.36. The first-order valence-corrected chi connectivity index (χ1v) is 10.7. The zero-order valence-corrected chi connectivity index (χ0v) is 18.9. The summed E-state index contributed by atoms with van der Waals surface area (Å²) in [5.41, 5.74) is 0.425. The predicted octanol–water partition coefficient (Wildman–Crippen LogP) is 6.09. The van der Waals surface area contributed by atoms with E-state index in [4.69, 9.17) is 13.9 Å². The van der Waals surface area contributed by atoms with Crippen LogP contribution in [0.1, 0.15) is 25.8 Å². The molecule has 5 nitrogen and oxygen atoms in total. The molecule has 1 heterocycles. The van der Waals surface area contributed by atoms with E-state index in [-0.39, 0.29) is 17.9 Å². The Balaban J connectivity index is 1.85. The number of benzene rings is 2. The first-order chi connectivity index (χ1) is 16.0. The van der Waals surface area contributed by atoms with Crippen LogP contribution < -0.4 is 10.4 Å². The third kappa shape index (κ3) is 6.27. The van der Waals surface area contributed by atoms with Crippen molar-refractivity contribution in [1.82, 2.24) is 0 Å². The number of esters is 1. The molecule has 180 valence electrons. The van der Waals surface area contributed by atoms with Crippen molar-refractivity contribution >= 4 is 16.9 Å². The normalized spacial score (nSPS) is 13.3. The molecule has 0 saturated carbocycles. The monoisotopic (exact) mass is 474 g/mol. The average molecular weight is 474 g/mol. The van der Waals surface area contributed by atoms with Gasteiger partial charge >= 0.3 is 17.8 Å². The lowest BCUT2D eigenvalue weighted by molar-refractivity contribution is -0.172. The van der Waals surface area contributed by atoms with Gasteiger partial charge in [0.25, 0.3) is 0 Å². The van der Waals surface area contributed by atoms with Crippen LogP contribution in [-0.4, -0.2) is 25.4 Å². The lowest BCUT2D eigenvalue weighted by Crippen LogP contribution is -2.36. The highest BCUT2D eigenvalue weighted by Crippen LogP contribution is 2.35. The molecule has 3 rings (SSSR count). The van der Waals surface area contributed by atoms with E-state index < -0.39 is 36.2 Å². The van der Waals surface area contributed by atoms with Crippen LogP contribution in [0.4, 0.5) is 13.2 Å². The lowest BCUT2D eigenvalue weighted by atomic mass is 9.88. The van der Waals surface area contributed by atoms with Gasteiger partial charge in [-0.05, 0) is 35.7 Å². The summed E-state index contributed by atoms with van der Waals surface area (Å²) in [4.78, 5) is 24.0. The van der Waals surface area contributed by atoms with Crippen LogP contribution in [0.15, 0.2) is 70.4 Å². The third-order valence-electron chi connectivity index (χ3n) is 5.34. The summed E-state index contributed by atoms with van der Waals surface area (Å²) < 4.78 is 55.3. The quantitative estimate of drug-likeness (QED) is 0.213. The Labute approximate surface area is 194 Å². The molecule has 0 bridgehead atoms. The van der Waals surface area contributed by atoms with Crippen molar-refractivity contribution in [3.05, 3.63) is 77.2 Å². The molecule has 3 aromatic rings. The molecule has 1 aromatic heterocycles. The van der Waals surface area contributed by atoms with Gasteiger partial charge in [0.1, 0.15) is 17.9 Å². The standard InChI is InChI=1S/C26H25F3O5/c1-4-17-8-6-7-9-20(17)21-12-18-10-11-19(13-22(18)34-24(21)31)32-15-25(3,14-26(27,28)29)16-33-23(30)5-2/h5-13H,2,4,14-16H2,1,3H3. The smallest absolute Gasteiger partial charge is 0.389 e. The van der Waals surface area contributed by atoms with E-state index in [9.17, 15) is 22.8 Å². The Morgan fingerprint density at radius 1 is 1.09 bits per heavy atom. The van der Waals surface area contributed by atoms with Crippen LogP contribution in [0.3, 0.4) is 0 Å². The van der Waals surface area contributed by atoms with Gasteiger partial charge in [-0.3, -0.25) is 0 Å². The van der Waals surface area contributed by atoms with Gasteiger partial charge in [-0.2, -0.15) is 13.2 Å². The summed E-state index contributed by atoms with van der Waals surface area (Å²) >= 11 is 0. The molecule has 0 amide bonds. The van der Waals surface area contributed by atoms with Crippen molar-refractivity contribution < 1.29 is 31.9 Å². The second kappa shape index (κ2) is 10.2. The molecule has 0 saturated heterocycles. The van der Waals surface area contributed by atoms with Gasteiger partial charge < -0.3 is 13.9 Å². The Hall–Kier alpha value is -3.55. The van der Waals surface area contributed by atoms with Gasteiger partial charge in [-0.1, -0.05) is 44.7 Å². The van der Waals surface area contributed by atoms with Crippen molar-refractivity contribution in [1.29, 1.82) is 0 Å². The highest BCUT2D eigenvalue weighted by atomic mass is 19.4. The minimum Gasteiger partial charge on any atom is -0.493 e. The molecule has 2 aromatic carbocycles. The van der Waals surface area contributed by atoms with Crippen LogP contribution in [-0.2, 0) is 16.0 Å². The number of ether oxygens (including phenoxy) is 2. The molecule has 0 N–H and O–H groups in total. The van der Waals surface area contributed by atoms with Crippen molar-refractivity contribution in [2.45, 2.75) is 32.9 Å². The number of carbonyl (C=O) groups excluding carboxylic acids is 1. The first-order valence-electron chi connectivity index (χ1n) is 10.7. The van der Waals surface area contributed by atoms with E-state index >= 15 is 0 Å². The maximum Gasteiger partial charge on any atom is 0.389 e. The minimum atomic E-state index is -4.49. The van der Waals surface area contributed by atoms with E-state index in [0.717, 1.165) is 23.6 Å². The molecule has 8 heteroatoms. The van der Waals surface area contributed by atoms with Gasteiger partial charge in [0.2, 0.25) is 0 Å². The summed E-state index contributed by atoms with van der Waals surface area (Å²) in [6.07, 6.45) is -4.07. The topological polar surface area (TPSA) is 65.7 Å². The number of alkyl halides is 3. The SMILES string of the molecule is C=CC(=O)OCC(C)(COc1ccc2cc(-c3ccccc3CC)c(=O)oc2c1)CC(F)(F)F. The van der Waals surface area contributed by atoms with E-state index in [0.29, 0.717) is 10.9 Å². The van der Waals surface area contributed by atoms with Gasteiger partial charge in [-0.15, -0.1) is 0 Å². The zero-order valence-electron chi connectivity index (χ0n) is 18.9. The Morgan fingerprint density at radius 3 is 2.50 bits per heavy atom. The van der Waals surface area contributed by atoms with E-state index in [1.165, 1.54) is 13.0 Å². The molecule has 0 radical (unpaired) electrons. The van der Waals surface area contributed by atoms with Crippen molar-refractivity contribution in [2.75, 3.05) is 13.2 Å². The lowest BCUT2D eigenvalue weighted by Gasteiger charge is -2.29. The predicted molar refractivity (Wildman–Crippen MR) is 123 cm³/mol. The molecule has 34 heavy (non-hydrogen) atoms.